The molecule has 140 valence electrons. The lowest BCUT2D eigenvalue weighted by atomic mass is 10.1. The molecule has 0 aliphatic carbocycles. The van der Waals surface area contributed by atoms with Gasteiger partial charge < -0.3 is 5.32 Å². The van der Waals surface area contributed by atoms with Gasteiger partial charge in [0.1, 0.15) is 11.9 Å². The second-order valence-electron chi connectivity index (χ2n) is 6.25. The van der Waals surface area contributed by atoms with Crippen molar-refractivity contribution < 1.29 is 17.6 Å². The van der Waals surface area contributed by atoms with E-state index in [1.807, 2.05) is 19.9 Å². The molecule has 26 heavy (non-hydrogen) atoms. The van der Waals surface area contributed by atoms with Crippen LogP contribution >= 0.6 is 0 Å². The van der Waals surface area contributed by atoms with Crippen molar-refractivity contribution in [3.63, 3.8) is 0 Å². The number of carbonyl (C=O) groups excluding carboxylic acids is 1. The third-order valence-electron chi connectivity index (χ3n) is 4.19. The van der Waals surface area contributed by atoms with E-state index in [0.29, 0.717) is 11.4 Å². The van der Waals surface area contributed by atoms with Crippen LogP contribution in [0.1, 0.15) is 24.5 Å². The lowest BCUT2D eigenvalue weighted by Crippen LogP contribution is -2.47. The number of carbonyl (C=O) groups is 1. The van der Waals surface area contributed by atoms with Gasteiger partial charge in [0.05, 0.1) is 11.9 Å². The van der Waals surface area contributed by atoms with Crippen LogP contribution in [0, 0.1) is 19.7 Å². The number of nitrogens with one attached hydrogen (secondary N) is 1. The molecule has 0 bridgehead atoms. The molecule has 0 radical (unpaired) electrons. The van der Waals surface area contributed by atoms with E-state index in [2.05, 4.69) is 5.32 Å². The first-order chi connectivity index (χ1) is 12.1. The Kier molecular flexibility index (Phi) is 6.02. The zero-order valence-corrected chi connectivity index (χ0v) is 16.1. The van der Waals surface area contributed by atoms with Crippen LogP contribution in [0.4, 0.5) is 15.8 Å². The van der Waals surface area contributed by atoms with Crippen molar-refractivity contribution in [3.05, 3.63) is 59.4 Å². The SMILES string of the molecule is CC[C@H](C(=O)Nc1ccc(F)cc1)N(c1ccc(C)c(C)c1)S(C)(=O)=O. The van der Waals surface area contributed by atoms with E-state index in [9.17, 15) is 17.6 Å². The third-order valence-corrected chi connectivity index (χ3v) is 5.37. The predicted molar refractivity (Wildman–Crippen MR) is 102 cm³/mol. The van der Waals surface area contributed by atoms with E-state index in [0.717, 1.165) is 21.7 Å². The van der Waals surface area contributed by atoms with Crippen LogP contribution < -0.4 is 9.62 Å². The van der Waals surface area contributed by atoms with Crippen LogP contribution in [0.25, 0.3) is 0 Å². The molecule has 0 unspecified atom stereocenters. The maximum absolute atomic E-state index is 13.0. The number of sulfonamides is 1. The van der Waals surface area contributed by atoms with Gasteiger partial charge in [-0.15, -0.1) is 0 Å². The van der Waals surface area contributed by atoms with E-state index >= 15 is 0 Å². The second-order valence-corrected chi connectivity index (χ2v) is 8.11. The number of hydrogen-bond acceptors (Lipinski definition) is 3. The maximum Gasteiger partial charge on any atom is 0.248 e. The van der Waals surface area contributed by atoms with Crippen molar-refractivity contribution in [1.29, 1.82) is 0 Å². The molecule has 0 saturated carbocycles. The maximum atomic E-state index is 13.0. The van der Waals surface area contributed by atoms with E-state index < -0.39 is 27.8 Å². The van der Waals surface area contributed by atoms with Gasteiger partial charge >= 0.3 is 0 Å². The molecular formula is C19H23FN2O3S. The molecule has 0 aliphatic heterocycles. The van der Waals surface area contributed by atoms with Crippen molar-refractivity contribution in [1.82, 2.24) is 0 Å². The monoisotopic (exact) mass is 378 g/mol. The van der Waals surface area contributed by atoms with Crippen LogP contribution in [-0.2, 0) is 14.8 Å². The number of nitrogens with zero attached hydrogens (tertiary/aromatic N) is 1. The van der Waals surface area contributed by atoms with Crippen LogP contribution in [0.2, 0.25) is 0 Å². The summed E-state index contributed by atoms with van der Waals surface area (Å²) in [6.45, 7) is 5.56. The van der Waals surface area contributed by atoms with Crippen molar-refractivity contribution in [3.8, 4) is 0 Å². The zero-order chi connectivity index (χ0) is 19.5. The third kappa shape index (κ3) is 4.60. The average Bonchev–Trinajstić information content (AvgIpc) is 2.56. The fourth-order valence-electron chi connectivity index (χ4n) is 2.68. The molecule has 2 aromatic carbocycles. The predicted octanol–water partition coefficient (Wildman–Crippen LogP) is 3.63. The second kappa shape index (κ2) is 7.86. The highest BCUT2D eigenvalue weighted by atomic mass is 32.2. The average molecular weight is 378 g/mol. The van der Waals surface area contributed by atoms with Gasteiger partial charge in [0.15, 0.2) is 0 Å². The molecule has 0 aliphatic rings. The van der Waals surface area contributed by atoms with Crippen LogP contribution in [0.5, 0.6) is 0 Å². The largest absolute Gasteiger partial charge is 0.324 e. The van der Waals surface area contributed by atoms with Gasteiger partial charge in [0, 0.05) is 5.69 Å². The Morgan fingerprint density at radius 2 is 1.73 bits per heavy atom. The summed E-state index contributed by atoms with van der Waals surface area (Å²) in [6, 6.07) is 9.68. The van der Waals surface area contributed by atoms with Gasteiger partial charge in [-0.2, -0.15) is 0 Å². The van der Waals surface area contributed by atoms with Crippen LogP contribution in [-0.4, -0.2) is 26.6 Å². The minimum absolute atomic E-state index is 0.285. The lowest BCUT2D eigenvalue weighted by Gasteiger charge is -2.30. The van der Waals surface area contributed by atoms with Crippen molar-refractivity contribution in [2.24, 2.45) is 0 Å². The molecule has 0 spiro atoms. The molecule has 2 rings (SSSR count). The van der Waals surface area contributed by atoms with Gasteiger partial charge in [-0.25, -0.2) is 12.8 Å². The summed E-state index contributed by atoms with van der Waals surface area (Å²) in [5, 5.41) is 2.66. The zero-order valence-electron chi connectivity index (χ0n) is 15.3. The van der Waals surface area contributed by atoms with Gasteiger partial charge in [-0.05, 0) is 67.8 Å². The topological polar surface area (TPSA) is 66.5 Å². The van der Waals surface area contributed by atoms with Crippen molar-refractivity contribution in [2.75, 3.05) is 15.9 Å². The minimum atomic E-state index is -3.69. The first kappa shape index (κ1) is 19.9. The Balaban J connectivity index is 2.39. The molecule has 5 nitrogen and oxygen atoms in total. The number of aryl methyl sites for hydroxylation is 2. The molecule has 0 saturated heterocycles. The fourth-order valence-corrected chi connectivity index (χ4v) is 3.89. The number of benzene rings is 2. The fraction of sp³-hybridized carbons (Fsp3) is 0.316. The first-order valence-corrected chi connectivity index (χ1v) is 10.1. The lowest BCUT2D eigenvalue weighted by molar-refractivity contribution is -0.117. The summed E-state index contributed by atoms with van der Waals surface area (Å²) in [4.78, 5) is 12.7. The number of anilines is 2. The molecule has 2 aromatic rings. The molecule has 1 N–H and O–H groups in total. The Morgan fingerprint density at radius 1 is 1.12 bits per heavy atom. The number of halogens is 1. The smallest absolute Gasteiger partial charge is 0.248 e. The van der Waals surface area contributed by atoms with Crippen molar-refractivity contribution in [2.45, 2.75) is 33.2 Å². The molecule has 7 heteroatoms. The van der Waals surface area contributed by atoms with Crippen LogP contribution in [0.15, 0.2) is 42.5 Å². The van der Waals surface area contributed by atoms with E-state index in [1.54, 1.807) is 19.1 Å². The van der Waals surface area contributed by atoms with Crippen molar-refractivity contribution >= 4 is 27.3 Å². The van der Waals surface area contributed by atoms with E-state index in [4.69, 9.17) is 0 Å². The Bertz CT molecular complexity index is 896. The summed E-state index contributed by atoms with van der Waals surface area (Å²) >= 11 is 0. The van der Waals surface area contributed by atoms with Crippen LogP contribution in [0.3, 0.4) is 0 Å². The normalized spacial score (nSPS) is 12.5. The first-order valence-electron chi connectivity index (χ1n) is 8.26. The minimum Gasteiger partial charge on any atom is -0.324 e. The molecule has 1 atom stereocenters. The molecule has 0 fully saturated rings. The van der Waals surface area contributed by atoms with E-state index in [-0.39, 0.29) is 6.42 Å². The highest BCUT2D eigenvalue weighted by molar-refractivity contribution is 7.92. The number of hydrogen-bond donors (Lipinski definition) is 1. The molecule has 1 amide bonds. The summed E-state index contributed by atoms with van der Waals surface area (Å²) in [5.41, 5.74) is 2.82. The molecule has 0 heterocycles. The van der Waals surface area contributed by atoms with Gasteiger partial charge in [-0.1, -0.05) is 13.0 Å². The quantitative estimate of drug-likeness (QED) is 0.835. The number of amides is 1. The highest BCUT2D eigenvalue weighted by Gasteiger charge is 2.31. The number of rotatable bonds is 6. The standard InChI is InChI=1S/C19H23FN2O3S/c1-5-18(19(23)21-16-9-7-15(20)8-10-16)22(26(4,24)25)17-11-6-13(2)14(3)12-17/h6-12,18H,5H2,1-4H3,(H,21,23)/t18-/m1/s1. The Labute approximate surface area is 153 Å². The van der Waals surface area contributed by atoms with Gasteiger partial charge in [-0.3, -0.25) is 9.10 Å². The molecule has 0 aromatic heterocycles. The molecular weight excluding hydrogens is 355 g/mol. The Hall–Kier alpha value is -2.41. The summed E-state index contributed by atoms with van der Waals surface area (Å²) in [7, 11) is -3.69. The highest BCUT2D eigenvalue weighted by Crippen LogP contribution is 2.25. The summed E-state index contributed by atoms with van der Waals surface area (Å²) in [5.74, 6) is -0.884. The van der Waals surface area contributed by atoms with Gasteiger partial charge in [0.2, 0.25) is 15.9 Å². The Morgan fingerprint density at radius 3 is 2.23 bits per heavy atom. The van der Waals surface area contributed by atoms with E-state index in [1.165, 1.54) is 24.3 Å². The van der Waals surface area contributed by atoms with Gasteiger partial charge in [0.25, 0.3) is 0 Å². The summed E-state index contributed by atoms with van der Waals surface area (Å²) in [6.07, 6.45) is 1.36. The summed E-state index contributed by atoms with van der Waals surface area (Å²) < 4.78 is 39.0.